The highest BCUT2D eigenvalue weighted by Crippen LogP contribution is 2.17. The molecule has 2 heterocycles. The van der Waals surface area contributed by atoms with Crippen molar-refractivity contribution < 1.29 is 14.3 Å². The molecule has 0 aliphatic carbocycles. The topological polar surface area (TPSA) is 89.4 Å². The molecule has 7 nitrogen and oxygen atoms in total. The largest absolute Gasteiger partial charge is 0.368 e. The van der Waals surface area contributed by atoms with Crippen molar-refractivity contribution in [3.8, 4) is 0 Å². The van der Waals surface area contributed by atoms with Gasteiger partial charge in [-0.15, -0.1) is 0 Å². The van der Waals surface area contributed by atoms with Crippen LogP contribution in [0.5, 0.6) is 0 Å². The number of hydrogen-bond acceptors (Lipinski definition) is 4. The Kier molecular flexibility index (Phi) is 5.48. The first-order valence-corrected chi connectivity index (χ1v) is 8.61. The molecule has 0 bridgehead atoms. The summed E-state index contributed by atoms with van der Waals surface area (Å²) in [4.78, 5) is 36.2. The number of rotatable bonds is 5. The molecule has 0 saturated carbocycles. The summed E-state index contributed by atoms with van der Waals surface area (Å²) in [5, 5.41) is 5.54. The quantitative estimate of drug-likeness (QED) is 0.861. The van der Waals surface area contributed by atoms with Gasteiger partial charge in [-0.25, -0.2) is 0 Å². The van der Waals surface area contributed by atoms with Gasteiger partial charge in [-0.2, -0.15) is 0 Å². The Balaban J connectivity index is 1.69. The lowest BCUT2D eigenvalue weighted by Crippen LogP contribution is -2.27. The highest BCUT2D eigenvalue weighted by molar-refractivity contribution is 6.05. The van der Waals surface area contributed by atoms with Crippen molar-refractivity contribution in [2.24, 2.45) is 0 Å². The zero-order valence-corrected chi connectivity index (χ0v) is 14.5. The number of ether oxygens (including phenoxy) is 1. The van der Waals surface area contributed by atoms with Crippen molar-refractivity contribution in [2.75, 3.05) is 17.2 Å². The summed E-state index contributed by atoms with van der Waals surface area (Å²) in [5.41, 5.74) is 1.36. The fourth-order valence-corrected chi connectivity index (χ4v) is 2.80. The first kappa shape index (κ1) is 17.9. The fourth-order valence-electron chi connectivity index (χ4n) is 2.80. The van der Waals surface area contributed by atoms with Gasteiger partial charge in [0.1, 0.15) is 6.10 Å². The number of pyridine rings is 1. The molecule has 1 aliphatic rings. The summed E-state index contributed by atoms with van der Waals surface area (Å²) in [7, 11) is 0. The lowest BCUT2D eigenvalue weighted by atomic mass is 10.1. The first-order chi connectivity index (χ1) is 12.6. The molecule has 1 aromatic carbocycles. The molecule has 2 aromatic rings. The Labute approximate surface area is 151 Å². The van der Waals surface area contributed by atoms with E-state index in [4.69, 9.17) is 4.74 Å². The number of anilines is 2. The SMILES string of the molecule is CCn1cc(NC(=O)c2cccc(NC(=O)[C@H]3CCCO3)c2)ccc1=O. The minimum Gasteiger partial charge on any atom is -0.368 e. The van der Waals surface area contributed by atoms with Crippen LogP contribution in [0.25, 0.3) is 0 Å². The third kappa shape index (κ3) is 4.18. The molecule has 0 radical (unpaired) electrons. The summed E-state index contributed by atoms with van der Waals surface area (Å²) >= 11 is 0. The van der Waals surface area contributed by atoms with Gasteiger partial charge < -0.3 is 19.9 Å². The van der Waals surface area contributed by atoms with Gasteiger partial charge in [-0.1, -0.05) is 6.07 Å². The molecule has 1 atom stereocenters. The molecule has 0 unspecified atom stereocenters. The molecular weight excluding hydrogens is 334 g/mol. The maximum Gasteiger partial charge on any atom is 0.255 e. The van der Waals surface area contributed by atoms with Crippen LogP contribution in [0.2, 0.25) is 0 Å². The van der Waals surface area contributed by atoms with Gasteiger partial charge >= 0.3 is 0 Å². The third-order valence-corrected chi connectivity index (χ3v) is 4.20. The van der Waals surface area contributed by atoms with E-state index in [9.17, 15) is 14.4 Å². The lowest BCUT2D eigenvalue weighted by molar-refractivity contribution is -0.124. The zero-order valence-electron chi connectivity index (χ0n) is 14.5. The molecule has 1 saturated heterocycles. The van der Waals surface area contributed by atoms with E-state index >= 15 is 0 Å². The minimum atomic E-state index is -0.428. The molecule has 7 heteroatoms. The van der Waals surface area contributed by atoms with Crippen LogP contribution in [0.15, 0.2) is 47.4 Å². The summed E-state index contributed by atoms with van der Waals surface area (Å²) in [6, 6.07) is 9.67. The van der Waals surface area contributed by atoms with Crippen LogP contribution in [0.4, 0.5) is 11.4 Å². The molecule has 1 aliphatic heterocycles. The average molecular weight is 355 g/mol. The van der Waals surface area contributed by atoms with E-state index in [1.165, 1.54) is 10.6 Å². The number of nitrogens with one attached hydrogen (secondary N) is 2. The smallest absolute Gasteiger partial charge is 0.255 e. The van der Waals surface area contributed by atoms with Crippen LogP contribution in [0, 0.1) is 0 Å². The van der Waals surface area contributed by atoms with E-state index in [-0.39, 0.29) is 17.4 Å². The highest BCUT2D eigenvalue weighted by atomic mass is 16.5. The standard InChI is InChI=1S/C19H21N3O4/c1-2-22-12-15(8-9-17(22)23)21-18(24)13-5-3-6-14(11-13)20-19(25)16-7-4-10-26-16/h3,5-6,8-9,11-12,16H,2,4,7,10H2,1H3,(H,20,25)(H,21,24)/t16-/m1/s1. The van der Waals surface area contributed by atoms with E-state index < -0.39 is 6.10 Å². The summed E-state index contributed by atoms with van der Waals surface area (Å²) < 4.78 is 6.86. The van der Waals surface area contributed by atoms with E-state index in [1.54, 1.807) is 36.5 Å². The molecule has 2 N–H and O–H groups in total. The number of amides is 2. The molecule has 1 aromatic heterocycles. The van der Waals surface area contributed by atoms with Crippen molar-refractivity contribution >= 4 is 23.2 Å². The van der Waals surface area contributed by atoms with Gasteiger partial charge in [0.15, 0.2) is 0 Å². The van der Waals surface area contributed by atoms with Crippen LogP contribution >= 0.6 is 0 Å². The Hall–Kier alpha value is -2.93. The van der Waals surface area contributed by atoms with Crippen LogP contribution in [-0.4, -0.2) is 29.1 Å². The summed E-state index contributed by atoms with van der Waals surface area (Å²) in [6.45, 7) is 2.97. The van der Waals surface area contributed by atoms with Crippen molar-refractivity contribution in [3.05, 3.63) is 58.5 Å². The Morgan fingerprint density at radius 2 is 2.04 bits per heavy atom. The van der Waals surface area contributed by atoms with E-state index in [1.807, 2.05) is 6.92 Å². The Bertz CT molecular complexity index is 869. The highest BCUT2D eigenvalue weighted by Gasteiger charge is 2.23. The summed E-state index contributed by atoms with van der Waals surface area (Å²) in [5.74, 6) is -0.519. The minimum absolute atomic E-state index is 0.121. The Morgan fingerprint density at radius 3 is 2.77 bits per heavy atom. The van der Waals surface area contributed by atoms with E-state index in [0.29, 0.717) is 36.5 Å². The predicted molar refractivity (Wildman–Crippen MR) is 98.4 cm³/mol. The second kappa shape index (κ2) is 7.97. The maximum absolute atomic E-state index is 12.5. The predicted octanol–water partition coefficient (Wildman–Crippen LogP) is 2.24. The molecule has 26 heavy (non-hydrogen) atoms. The monoisotopic (exact) mass is 355 g/mol. The number of aromatic nitrogens is 1. The Morgan fingerprint density at radius 1 is 1.19 bits per heavy atom. The van der Waals surface area contributed by atoms with Gasteiger partial charge in [0.25, 0.3) is 17.4 Å². The van der Waals surface area contributed by atoms with Gasteiger partial charge in [0.2, 0.25) is 0 Å². The zero-order chi connectivity index (χ0) is 18.5. The molecule has 3 rings (SSSR count). The molecule has 136 valence electrons. The molecule has 0 spiro atoms. The van der Waals surface area contributed by atoms with Crippen molar-refractivity contribution in [1.82, 2.24) is 4.57 Å². The van der Waals surface area contributed by atoms with Gasteiger partial charge in [-0.3, -0.25) is 14.4 Å². The van der Waals surface area contributed by atoms with Gasteiger partial charge in [0, 0.05) is 36.7 Å². The third-order valence-electron chi connectivity index (χ3n) is 4.20. The normalized spacial score (nSPS) is 16.3. The maximum atomic E-state index is 12.5. The second-order valence-corrected chi connectivity index (χ2v) is 6.07. The van der Waals surface area contributed by atoms with E-state index in [0.717, 1.165) is 6.42 Å². The number of carbonyl (C=O) groups is 2. The average Bonchev–Trinajstić information content (AvgIpc) is 3.18. The van der Waals surface area contributed by atoms with Crippen molar-refractivity contribution in [2.45, 2.75) is 32.4 Å². The van der Waals surface area contributed by atoms with Gasteiger partial charge in [-0.05, 0) is 44.0 Å². The van der Waals surface area contributed by atoms with E-state index in [2.05, 4.69) is 10.6 Å². The number of benzene rings is 1. The van der Waals surface area contributed by atoms with Crippen molar-refractivity contribution in [1.29, 1.82) is 0 Å². The first-order valence-electron chi connectivity index (χ1n) is 8.61. The summed E-state index contributed by atoms with van der Waals surface area (Å²) in [6.07, 6.45) is 2.76. The van der Waals surface area contributed by atoms with Crippen LogP contribution in [0.3, 0.4) is 0 Å². The van der Waals surface area contributed by atoms with Crippen LogP contribution < -0.4 is 16.2 Å². The van der Waals surface area contributed by atoms with Crippen LogP contribution in [-0.2, 0) is 16.1 Å². The number of aryl methyl sites for hydroxylation is 1. The molecule has 1 fully saturated rings. The fraction of sp³-hybridized carbons (Fsp3) is 0.316. The molecule has 2 amide bonds. The lowest BCUT2D eigenvalue weighted by Gasteiger charge is -2.12. The number of carbonyl (C=O) groups excluding carboxylic acids is 2. The molecular formula is C19H21N3O4. The number of hydrogen-bond donors (Lipinski definition) is 2. The van der Waals surface area contributed by atoms with Crippen LogP contribution in [0.1, 0.15) is 30.1 Å². The van der Waals surface area contributed by atoms with Gasteiger partial charge in [0.05, 0.1) is 5.69 Å². The number of nitrogens with zero attached hydrogens (tertiary/aromatic N) is 1. The second-order valence-electron chi connectivity index (χ2n) is 6.07. The van der Waals surface area contributed by atoms with Crippen molar-refractivity contribution in [3.63, 3.8) is 0 Å².